The summed E-state index contributed by atoms with van der Waals surface area (Å²) >= 11 is 0. The first kappa shape index (κ1) is 15.9. The minimum atomic E-state index is 0. The highest BCUT2D eigenvalue weighted by Gasteiger charge is 1.67. The molecule has 0 aromatic rings. The van der Waals surface area contributed by atoms with Gasteiger partial charge in [-0.3, -0.25) is 4.91 Å². The molecule has 0 aromatic carbocycles. The predicted octanol–water partition coefficient (Wildman–Crippen LogP) is -0.728. The highest BCUT2D eigenvalue weighted by atomic mass is 27.0. The normalized spacial score (nSPS) is 5.56. The molecule has 0 saturated heterocycles. The van der Waals surface area contributed by atoms with E-state index in [1.54, 1.807) is 0 Å². The molecule has 0 aromatic heterocycles. The minimum absolute atomic E-state index is 0. The standard InChI is InChI=1S/C4H11N.Al.N3.3H/c1-3-5-4-2;;1-3-2;;;/h5H,3-4H2,1-2H3;;;;;/q;;-1;;;/p+1. The summed E-state index contributed by atoms with van der Waals surface area (Å²) in [6, 6.07) is 0. The van der Waals surface area contributed by atoms with Gasteiger partial charge in [-0.1, -0.05) is 0 Å². The molecule has 0 rings (SSSR count). The zero-order valence-corrected chi connectivity index (χ0v) is 5.33. The molecule has 0 aliphatic rings. The fourth-order valence-electron chi connectivity index (χ4n) is 0.289. The van der Waals surface area contributed by atoms with E-state index in [0.717, 1.165) is 0 Å². The van der Waals surface area contributed by atoms with E-state index in [9.17, 15) is 0 Å². The molecule has 0 amide bonds. The fraction of sp³-hybridized carbons (Fsp3) is 1.00. The van der Waals surface area contributed by atoms with E-state index in [1.807, 2.05) is 0 Å². The Morgan fingerprint density at radius 2 is 1.44 bits per heavy atom. The van der Waals surface area contributed by atoms with Crippen LogP contribution in [0.1, 0.15) is 13.8 Å². The van der Waals surface area contributed by atoms with Crippen molar-refractivity contribution in [2.75, 3.05) is 13.1 Å². The summed E-state index contributed by atoms with van der Waals surface area (Å²) in [4.78, 5) is 1.50. The quantitative estimate of drug-likeness (QED) is 0.231. The van der Waals surface area contributed by atoms with Gasteiger partial charge in [0.15, 0.2) is 17.4 Å². The number of nitrogens with two attached hydrogens (primary N) is 1. The van der Waals surface area contributed by atoms with Crippen molar-refractivity contribution >= 4 is 17.4 Å². The molecule has 54 valence electrons. The van der Waals surface area contributed by atoms with Gasteiger partial charge in [-0.05, 0) is 13.8 Å². The van der Waals surface area contributed by atoms with Gasteiger partial charge in [-0.2, -0.15) is 0 Å². The van der Waals surface area contributed by atoms with Gasteiger partial charge in [0.05, 0.1) is 13.1 Å². The zero-order valence-electron chi connectivity index (χ0n) is 5.33. The molecular weight excluding hydrogens is 131 g/mol. The summed E-state index contributed by atoms with van der Waals surface area (Å²) in [5.74, 6) is 0. The van der Waals surface area contributed by atoms with Crippen LogP contribution in [0.15, 0.2) is 0 Å². The van der Waals surface area contributed by atoms with Crippen LogP contribution >= 0.6 is 0 Å². The molecule has 0 atom stereocenters. The molecule has 0 saturated carbocycles. The molecule has 0 bridgehead atoms. The third-order valence-electron chi connectivity index (χ3n) is 0.577. The van der Waals surface area contributed by atoms with Crippen molar-refractivity contribution in [1.29, 1.82) is 0 Å². The van der Waals surface area contributed by atoms with Gasteiger partial charge < -0.3 is 16.4 Å². The SMILES string of the molecule is CC[NH2+]CC.[AlH3].[N-]=[N+]=[N-]. The van der Waals surface area contributed by atoms with Gasteiger partial charge in [0, 0.05) is 0 Å². The maximum Gasteiger partial charge on any atom is 0.187 e. The molecule has 0 heterocycles. The van der Waals surface area contributed by atoms with Crippen LogP contribution in [0.5, 0.6) is 0 Å². The molecule has 0 fully saturated rings. The van der Waals surface area contributed by atoms with Crippen molar-refractivity contribution in [3.05, 3.63) is 16.0 Å². The van der Waals surface area contributed by atoms with Crippen LogP contribution in [-0.2, 0) is 0 Å². The summed E-state index contributed by atoms with van der Waals surface area (Å²) < 4.78 is 0. The molecule has 5 heteroatoms. The van der Waals surface area contributed by atoms with E-state index in [0.29, 0.717) is 0 Å². The Kier molecular flexibility index (Phi) is 44.2. The van der Waals surface area contributed by atoms with E-state index in [-0.39, 0.29) is 17.4 Å². The maximum atomic E-state index is 6.75. The monoisotopic (exact) mass is 146 g/mol. The van der Waals surface area contributed by atoms with Gasteiger partial charge in [0.2, 0.25) is 0 Å². The third kappa shape index (κ3) is 80.9. The fourth-order valence-corrected chi connectivity index (χ4v) is 0.289. The van der Waals surface area contributed by atoms with Gasteiger partial charge in [0.1, 0.15) is 0 Å². The number of nitrogens with zero attached hydrogens (tertiary/aromatic N) is 3. The van der Waals surface area contributed by atoms with Crippen LogP contribution in [0.4, 0.5) is 0 Å². The minimum Gasteiger partial charge on any atom is -0.373 e. The van der Waals surface area contributed by atoms with Crippen LogP contribution in [0.3, 0.4) is 0 Å². The Labute approximate surface area is 66.2 Å². The first-order valence-electron chi connectivity index (χ1n) is 2.63. The number of hydrogen-bond acceptors (Lipinski definition) is 0. The maximum absolute atomic E-state index is 6.75. The Morgan fingerprint density at radius 1 is 1.22 bits per heavy atom. The zero-order chi connectivity index (χ0) is 6.83. The predicted molar refractivity (Wildman–Crippen MR) is 43.0 cm³/mol. The molecular formula is C4H15AlN4. The second-order valence-corrected chi connectivity index (χ2v) is 1.19. The molecule has 9 heavy (non-hydrogen) atoms. The number of hydrogen-bond donors (Lipinski definition) is 1. The van der Waals surface area contributed by atoms with E-state index in [4.69, 9.17) is 11.1 Å². The summed E-state index contributed by atoms with van der Waals surface area (Å²) in [7, 11) is 0. The van der Waals surface area contributed by atoms with Crippen LogP contribution in [0.2, 0.25) is 0 Å². The Morgan fingerprint density at radius 3 is 1.44 bits per heavy atom. The molecule has 0 aliphatic carbocycles. The second-order valence-electron chi connectivity index (χ2n) is 1.19. The lowest BCUT2D eigenvalue weighted by Crippen LogP contribution is -2.82. The molecule has 2 N–H and O–H groups in total. The molecule has 0 aliphatic heterocycles. The van der Waals surface area contributed by atoms with Crippen LogP contribution in [-0.4, -0.2) is 30.5 Å². The van der Waals surface area contributed by atoms with E-state index in [1.165, 1.54) is 18.0 Å². The first-order chi connectivity index (χ1) is 3.83. The Hall–Kier alpha value is -0.198. The van der Waals surface area contributed by atoms with E-state index in [2.05, 4.69) is 19.2 Å². The Bertz CT molecular complexity index is 57.6. The van der Waals surface area contributed by atoms with Gasteiger partial charge in [-0.25, -0.2) is 0 Å². The average molecular weight is 146 g/mol. The van der Waals surface area contributed by atoms with Crippen molar-refractivity contribution < 1.29 is 5.32 Å². The van der Waals surface area contributed by atoms with E-state index < -0.39 is 0 Å². The van der Waals surface area contributed by atoms with Crippen molar-refractivity contribution in [2.24, 2.45) is 0 Å². The molecule has 0 radical (unpaired) electrons. The average Bonchev–Trinajstić information content (AvgIpc) is 1.71. The summed E-state index contributed by atoms with van der Waals surface area (Å²) in [6.07, 6.45) is 0. The summed E-state index contributed by atoms with van der Waals surface area (Å²) in [6.45, 7) is 6.75. The Balaban J connectivity index is -0.0000000800. The lowest BCUT2D eigenvalue weighted by Gasteiger charge is -1.83. The summed E-state index contributed by atoms with van der Waals surface area (Å²) in [5.41, 5.74) is 13.5. The highest BCUT2D eigenvalue weighted by molar-refractivity contribution is 5.75. The van der Waals surface area contributed by atoms with Crippen LogP contribution in [0, 0.1) is 0 Å². The number of quaternary nitrogens is 1. The van der Waals surface area contributed by atoms with Gasteiger partial charge in [-0.15, -0.1) is 0 Å². The first-order valence-corrected chi connectivity index (χ1v) is 2.63. The lowest BCUT2D eigenvalue weighted by molar-refractivity contribution is -0.648. The van der Waals surface area contributed by atoms with Crippen molar-refractivity contribution in [3.8, 4) is 0 Å². The highest BCUT2D eigenvalue weighted by Crippen LogP contribution is 1.29. The summed E-state index contributed by atoms with van der Waals surface area (Å²) in [5, 5.41) is 2.25. The van der Waals surface area contributed by atoms with Crippen LogP contribution in [0.25, 0.3) is 16.0 Å². The largest absolute Gasteiger partial charge is 0.373 e. The van der Waals surface area contributed by atoms with Crippen molar-refractivity contribution in [3.63, 3.8) is 0 Å². The van der Waals surface area contributed by atoms with E-state index >= 15 is 0 Å². The second kappa shape index (κ2) is 25.0. The smallest absolute Gasteiger partial charge is 0.187 e. The molecule has 0 spiro atoms. The molecule has 0 unspecified atom stereocenters. The topological polar surface area (TPSA) is 75.3 Å². The number of rotatable bonds is 2. The van der Waals surface area contributed by atoms with Crippen molar-refractivity contribution in [2.45, 2.75) is 13.8 Å². The van der Waals surface area contributed by atoms with Gasteiger partial charge in [0.25, 0.3) is 0 Å². The molecule has 4 nitrogen and oxygen atoms in total. The third-order valence-corrected chi connectivity index (χ3v) is 0.577. The van der Waals surface area contributed by atoms with Crippen LogP contribution < -0.4 is 5.32 Å². The van der Waals surface area contributed by atoms with Gasteiger partial charge >= 0.3 is 0 Å². The lowest BCUT2D eigenvalue weighted by atomic mass is 10.7. The van der Waals surface area contributed by atoms with Crippen molar-refractivity contribution in [1.82, 2.24) is 0 Å².